The molecule has 1 aromatic heterocycles. The van der Waals surface area contributed by atoms with Crippen LogP contribution in [-0.4, -0.2) is 23.6 Å². The third kappa shape index (κ3) is 3.90. The average Bonchev–Trinajstić information content (AvgIpc) is 3.18. The summed E-state index contributed by atoms with van der Waals surface area (Å²) >= 11 is 0. The highest BCUT2D eigenvalue weighted by Crippen LogP contribution is 2.24. The summed E-state index contributed by atoms with van der Waals surface area (Å²) in [6, 6.07) is 2.61. The molecule has 0 atom stereocenters. The molecule has 0 unspecified atom stereocenters. The lowest BCUT2D eigenvalue weighted by Crippen LogP contribution is -2.33. The molecule has 2 rings (SSSR count). The minimum absolute atomic E-state index is 0.253. The fraction of sp³-hybridized carbons (Fsp3) is 0.667. The first-order chi connectivity index (χ1) is 9.11. The molecule has 0 bridgehead atoms. The minimum Gasteiger partial charge on any atom is -0.354 e. The first-order valence-corrected chi connectivity index (χ1v) is 7.26. The Balaban J connectivity index is 2.19. The molecule has 1 saturated carbocycles. The van der Waals surface area contributed by atoms with Crippen LogP contribution < -0.4 is 10.2 Å². The van der Waals surface area contributed by atoms with Crippen LogP contribution in [0, 0.1) is 5.82 Å². The Morgan fingerprint density at radius 3 is 2.79 bits per heavy atom. The molecular formula is C15H24FN3. The molecule has 1 aliphatic carbocycles. The quantitative estimate of drug-likeness (QED) is 0.821. The third-order valence-electron chi connectivity index (χ3n) is 3.43. The Morgan fingerprint density at radius 1 is 1.47 bits per heavy atom. The molecule has 0 aromatic carbocycles. The van der Waals surface area contributed by atoms with Gasteiger partial charge in [-0.05, 0) is 39.2 Å². The molecule has 1 aliphatic rings. The minimum atomic E-state index is -0.253. The van der Waals surface area contributed by atoms with Crippen LogP contribution in [0.1, 0.15) is 45.6 Å². The number of rotatable bonds is 7. The second kappa shape index (κ2) is 6.33. The molecule has 106 valence electrons. The maximum Gasteiger partial charge on any atom is 0.141 e. The van der Waals surface area contributed by atoms with Crippen LogP contribution in [0.25, 0.3) is 0 Å². The van der Waals surface area contributed by atoms with E-state index in [1.54, 1.807) is 6.07 Å². The van der Waals surface area contributed by atoms with Crippen LogP contribution in [0.5, 0.6) is 0 Å². The van der Waals surface area contributed by atoms with E-state index in [2.05, 4.69) is 36.0 Å². The van der Waals surface area contributed by atoms with Crippen LogP contribution in [0.4, 0.5) is 10.2 Å². The van der Waals surface area contributed by atoms with Crippen LogP contribution in [-0.2, 0) is 6.54 Å². The molecule has 0 radical (unpaired) electrons. The van der Waals surface area contributed by atoms with E-state index in [0.29, 0.717) is 18.6 Å². The number of hydrogen-bond donors (Lipinski definition) is 1. The van der Waals surface area contributed by atoms with Crippen molar-refractivity contribution in [3.8, 4) is 0 Å². The Bertz CT molecular complexity index is 416. The van der Waals surface area contributed by atoms with Crippen molar-refractivity contribution < 1.29 is 4.39 Å². The smallest absolute Gasteiger partial charge is 0.141 e. The second-order valence-electron chi connectivity index (χ2n) is 5.58. The molecule has 1 fully saturated rings. The molecule has 0 aliphatic heterocycles. The van der Waals surface area contributed by atoms with Gasteiger partial charge in [0.05, 0.1) is 6.20 Å². The van der Waals surface area contributed by atoms with Crippen LogP contribution in [0.15, 0.2) is 12.3 Å². The van der Waals surface area contributed by atoms with Crippen LogP contribution >= 0.6 is 0 Å². The van der Waals surface area contributed by atoms with Gasteiger partial charge in [-0.25, -0.2) is 9.37 Å². The average molecular weight is 265 g/mol. The van der Waals surface area contributed by atoms with Crippen molar-refractivity contribution in [2.75, 3.05) is 11.4 Å². The maximum absolute atomic E-state index is 13.4. The topological polar surface area (TPSA) is 28.2 Å². The second-order valence-corrected chi connectivity index (χ2v) is 5.58. The summed E-state index contributed by atoms with van der Waals surface area (Å²) in [6.45, 7) is 8.11. The Labute approximate surface area is 115 Å². The molecule has 0 saturated heterocycles. The van der Waals surface area contributed by atoms with Gasteiger partial charge in [-0.3, -0.25) is 0 Å². The highest BCUT2D eigenvalue weighted by molar-refractivity contribution is 5.47. The van der Waals surface area contributed by atoms with E-state index >= 15 is 0 Å². The standard InChI is InChI=1S/C15H24FN3/c1-4-7-19(11(2)3)15-12(8-13(16)10-18-15)9-17-14-5-6-14/h8,10-11,14,17H,4-7,9H2,1-3H3. The summed E-state index contributed by atoms with van der Waals surface area (Å²) in [5.41, 5.74) is 0.967. The largest absolute Gasteiger partial charge is 0.354 e. The summed E-state index contributed by atoms with van der Waals surface area (Å²) in [4.78, 5) is 6.58. The molecule has 1 aromatic rings. The zero-order valence-corrected chi connectivity index (χ0v) is 12.1. The van der Waals surface area contributed by atoms with E-state index in [-0.39, 0.29) is 5.82 Å². The number of nitrogens with zero attached hydrogens (tertiary/aromatic N) is 2. The van der Waals surface area contributed by atoms with Crippen molar-refractivity contribution in [1.29, 1.82) is 0 Å². The van der Waals surface area contributed by atoms with Crippen LogP contribution in [0.3, 0.4) is 0 Å². The highest BCUT2D eigenvalue weighted by atomic mass is 19.1. The zero-order valence-electron chi connectivity index (χ0n) is 12.1. The van der Waals surface area contributed by atoms with E-state index in [1.807, 2.05) is 0 Å². The SMILES string of the molecule is CCCN(c1ncc(F)cc1CNC1CC1)C(C)C. The maximum atomic E-state index is 13.4. The monoisotopic (exact) mass is 265 g/mol. The number of nitrogens with one attached hydrogen (secondary N) is 1. The van der Waals surface area contributed by atoms with Gasteiger partial charge in [0.15, 0.2) is 0 Å². The number of pyridine rings is 1. The van der Waals surface area contributed by atoms with Gasteiger partial charge in [0.25, 0.3) is 0 Å². The first kappa shape index (κ1) is 14.3. The summed E-state index contributed by atoms with van der Waals surface area (Å²) in [6.07, 6.45) is 4.86. The van der Waals surface area contributed by atoms with Crippen molar-refractivity contribution in [1.82, 2.24) is 10.3 Å². The van der Waals surface area contributed by atoms with Gasteiger partial charge in [0.2, 0.25) is 0 Å². The van der Waals surface area contributed by atoms with Crippen molar-refractivity contribution >= 4 is 5.82 Å². The van der Waals surface area contributed by atoms with Gasteiger partial charge < -0.3 is 10.2 Å². The van der Waals surface area contributed by atoms with Gasteiger partial charge >= 0.3 is 0 Å². The number of hydrogen-bond acceptors (Lipinski definition) is 3. The summed E-state index contributed by atoms with van der Waals surface area (Å²) in [5, 5.41) is 3.44. The van der Waals surface area contributed by atoms with Gasteiger partial charge in [0, 0.05) is 30.7 Å². The fourth-order valence-corrected chi connectivity index (χ4v) is 2.25. The van der Waals surface area contributed by atoms with Crippen molar-refractivity contribution in [3.63, 3.8) is 0 Å². The summed E-state index contributed by atoms with van der Waals surface area (Å²) in [5.74, 6) is 0.669. The molecule has 0 amide bonds. The highest BCUT2D eigenvalue weighted by Gasteiger charge is 2.22. The summed E-state index contributed by atoms with van der Waals surface area (Å²) < 4.78 is 13.4. The van der Waals surface area contributed by atoms with Crippen LogP contribution in [0.2, 0.25) is 0 Å². The molecular weight excluding hydrogens is 241 g/mol. The van der Waals surface area contributed by atoms with Crippen molar-refractivity contribution in [2.45, 2.75) is 58.7 Å². The van der Waals surface area contributed by atoms with E-state index < -0.39 is 0 Å². The van der Waals surface area contributed by atoms with Gasteiger partial charge in [-0.15, -0.1) is 0 Å². The fourth-order valence-electron chi connectivity index (χ4n) is 2.25. The first-order valence-electron chi connectivity index (χ1n) is 7.26. The summed E-state index contributed by atoms with van der Waals surface area (Å²) in [7, 11) is 0. The normalized spacial score (nSPS) is 15.0. The molecule has 4 heteroatoms. The lowest BCUT2D eigenvalue weighted by Gasteiger charge is -2.29. The number of halogens is 1. The Kier molecular flexibility index (Phi) is 4.75. The van der Waals surface area contributed by atoms with Gasteiger partial charge in [-0.2, -0.15) is 0 Å². The van der Waals surface area contributed by atoms with E-state index in [4.69, 9.17) is 0 Å². The van der Waals surface area contributed by atoms with Gasteiger partial charge in [0.1, 0.15) is 11.6 Å². The molecule has 19 heavy (non-hydrogen) atoms. The van der Waals surface area contributed by atoms with Gasteiger partial charge in [-0.1, -0.05) is 6.92 Å². The van der Waals surface area contributed by atoms with Crippen molar-refractivity contribution in [3.05, 3.63) is 23.6 Å². The molecule has 1 heterocycles. The molecule has 1 N–H and O–H groups in total. The number of anilines is 1. The molecule has 0 spiro atoms. The van der Waals surface area contributed by atoms with E-state index in [0.717, 1.165) is 24.3 Å². The third-order valence-corrected chi connectivity index (χ3v) is 3.43. The lowest BCUT2D eigenvalue weighted by molar-refractivity contribution is 0.602. The zero-order chi connectivity index (χ0) is 13.8. The predicted octanol–water partition coefficient (Wildman–Crippen LogP) is 3.10. The predicted molar refractivity (Wildman–Crippen MR) is 76.8 cm³/mol. The van der Waals surface area contributed by atoms with E-state index in [9.17, 15) is 4.39 Å². The van der Waals surface area contributed by atoms with Crippen molar-refractivity contribution in [2.24, 2.45) is 0 Å². The van der Waals surface area contributed by atoms with E-state index in [1.165, 1.54) is 19.0 Å². The Morgan fingerprint density at radius 2 is 2.21 bits per heavy atom. The molecule has 3 nitrogen and oxygen atoms in total. The number of aromatic nitrogens is 1. The Hall–Kier alpha value is -1.16. The lowest BCUT2D eigenvalue weighted by atomic mass is 10.2.